The summed E-state index contributed by atoms with van der Waals surface area (Å²) in [4.78, 5) is 0. The van der Waals surface area contributed by atoms with Gasteiger partial charge in [0.05, 0.1) is 0 Å². The Morgan fingerprint density at radius 2 is 1.79 bits per heavy atom. The van der Waals surface area contributed by atoms with Gasteiger partial charge in [0, 0.05) is 6.21 Å². The maximum Gasteiger partial charge on any atom is 0.0215 e. The fraction of sp³-hybridized carbons (Fsp3) is 0.615. The van der Waals surface area contributed by atoms with Crippen LogP contribution >= 0.6 is 0 Å². The predicted octanol–water partition coefficient (Wildman–Crippen LogP) is 3.96. The Morgan fingerprint density at radius 1 is 1.21 bits per heavy atom. The quantitative estimate of drug-likeness (QED) is 0.653. The summed E-state index contributed by atoms with van der Waals surface area (Å²) in [6.45, 7) is 6.65. The van der Waals surface area contributed by atoms with Gasteiger partial charge in [-0.25, -0.2) is 0 Å². The van der Waals surface area contributed by atoms with E-state index in [1.54, 1.807) is 6.21 Å². The lowest BCUT2D eigenvalue weighted by atomic mass is 9.78. The SMILES string of the molecule is CC/C=C\C1=C(C=N)C(C)CCC1C. The van der Waals surface area contributed by atoms with Crippen molar-refractivity contribution in [3.05, 3.63) is 23.3 Å². The number of hydrogen-bond donors (Lipinski definition) is 1. The van der Waals surface area contributed by atoms with Crippen LogP contribution in [0.25, 0.3) is 0 Å². The van der Waals surface area contributed by atoms with E-state index in [0.29, 0.717) is 11.8 Å². The summed E-state index contributed by atoms with van der Waals surface area (Å²) in [5, 5.41) is 7.47. The van der Waals surface area contributed by atoms with Gasteiger partial charge in [-0.2, -0.15) is 0 Å². The molecular weight excluding hydrogens is 170 g/mol. The van der Waals surface area contributed by atoms with Crippen LogP contribution in [0.1, 0.15) is 40.0 Å². The van der Waals surface area contributed by atoms with E-state index in [4.69, 9.17) is 5.41 Å². The zero-order valence-electron chi connectivity index (χ0n) is 9.51. The smallest absolute Gasteiger partial charge is 0.0215 e. The molecular formula is C13H21N. The maximum absolute atomic E-state index is 7.47. The topological polar surface area (TPSA) is 23.9 Å². The summed E-state index contributed by atoms with van der Waals surface area (Å²) >= 11 is 0. The Bertz CT molecular complexity index is 260. The lowest BCUT2D eigenvalue weighted by Gasteiger charge is -2.27. The molecule has 0 heterocycles. The Labute approximate surface area is 87.4 Å². The maximum atomic E-state index is 7.47. The van der Waals surface area contributed by atoms with Crippen LogP contribution in [0.3, 0.4) is 0 Å². The fourth-order valence-electron chi connectivity index (χ4n) is 2.11. The first-order valence-corrected chi connectivity index (χ1v) is 5.61. The second kappa shape index (κ2) is 5.14. The molecule has 1 heteroatoms. The van der Waals surface area contributed by atoms with E-state index >= 15 is 0 Å². The average molecular weight is 191 g/mol. The van der Waals surface area contributed by atoms with Gasteiger partial charge < -0.3 is 5.41 Å². The minimum Gasteiger partial charge on any atom is -0.308 e. The van der Waals surface area contributed by atoms with Crippen molar-refractivity contribution in [2.24, 2.45) is 11.8 Å². The molecule has 0 aromatic carbocycles. The minimum atomic E-state index is 0.570. The van der Waals surface area contributed by atoms with Gasteiger partial charge in [0.2, 0.25) is 0 Å². The zero-order valence-corrected chi connectivity index (χ0v) is 9.51. The van der Waals surface area contributed by atoms with E-state index in [0.717, 1.165) is 6.42 Å². The molecule has 78 valence electrons. The highest BCUT2D eigenvalue weighted by molar-refractivity contribution is 5.79. The van der Waals surface area contributed by atoms with Crippen molar-refractivity contribution in [3.8, 4) is 0 Å². The van der Waals surface area contributed by atoms with Gasteiger partial charge in [0.25, 0.3) is 0 Å². The fourth-order valence-corrected chi connectivity index (χ4v) is 2.11. The Hall–Kier alpha value is -0.850. The van der Waals surface area contributed by atoms with Crippen molar-refractivity contribution in [1.29, 1.82) is 5.41 Å². The van der Waals surface area contributed by atoms with Crippen molar-refractivity contribution < 1.29 is 0 Å². The van der Waals surface area contributed by atoms with Gasteiger partial charge in [0.1, 0.15) is 0 Å². The molecule has 1 rings (SSSR count). The van der Waals surface area contributed by atoms with E-state index in [9.17, 15) is 0 Å². The average Bonchev–Trinajstić information content (AvgIpc) is 2.19. The van der Waals surface area contributed by atoms with Crippen LogP contribution in [-0.4, -0.2) is 6.21 Å². The van der Waals surface area contributed by atoms with Crippen molar-refractivity contribution in [2.45, 2.75) is 40.0 Å². The van der Waals surface area contributed by atoms with Crippen LogP contribution in [0.15, 0.2) is 23.3 Å². The highest BCUT2D eigenvalue weighted by Crippen LogP contribution is 2.33. The summed E-state index contributed by atoms with van der Waals surface area (Å²) in [5.41, 5.74) is 2.63. The minimum absolute atomic E-state index is 0.570. The van der Waals surface area contributed by atoms with Crippen LogP contribution < -0.4 is 0 Å². The first-order chi connectivity index (χ1) is 6.70. The molecule has 1 aliphatic rings. The van der Waals surface area contributed by atoms with E-state index in [2.05, 4.69) is 32.9 Å². The third-order valence-electron chi connectivity index (χ3n) is 3.12. The van der Waals surface area contributed by atoms with E-state index in [1.807, 2.05) is 0 Å². The van der Waals surface area contributed by atoms with Gasteiger partial charge >= 0.3 is 0 Å². The van der Waals surface area contributed by atoms with Gasteiger partial charge in [-0.3, -0.25) is 0 Å². The number of allylic oxidation sites excluding steroid dienone is 4. The van der Waals surface area contributed by atoms with Crippen LogP contribution in [0.2, 0.25) is 0 Å². The van der Waals surface area contributed by atoms with E-state index < -0.39 is 0 Å². The monoisotopic (exact) mass is 191 g/mol. The number of nitrogens with one attached hydrogen (secondary N) is 1. The molecule has 0 saturated heterocycles. The molecule has 0 amide bonds. The molecule has 0 radical (unpaired) electrons. The van der Waals surface area contributed by atoms with Crippen molar-refractivity contribution in [1.82, 2.24) is 0 Å². The molecule has 14 heavy (non-hydrogen) atoms. The molecule has 0 bridgehead atoms. The molecule has 0 saturated carbocycles. The molecule has 0 aliphatic heterocycles. The summed E-state index contributed by atoms with van der Waals surface area (Å²) in [6.07, 6.45) is 9.55. The highest BCUT2D eigenvalue weighted by atomic mass is 14.4. The van der Waals surface area contributed by atoms with Crippen LogP contribution in [0.4, 0.5) is 0 Å². The molecule has 2 atom stereocenters. The Balaban J connectivity index is 2.99. The van der Waals surface area contributed by atoms with E-state index in [1.165, 1.54) is 24.0 Å². The number of rotatable bonds is 3. The lowest BCUT2D eigenvalue weighted by molar-refractivity contribution is 0.476. The van der Waals surface area contributed by atoms with Gasteiger partial charge in [-0.05, 0) is 42.2 Å². The molecule has 2 unspecified atom stereocenters. The van der Waals surface area contributed by atoms with Crippen molar-refractivity contribution in [2.75, 3.05) is 0 Å². The third kappa shape index (κ3) is 2.34. The van der Waals surface area contributed by atoms with Gasteiger partial charge in [0.15, 0.2) is 0 Å². The summed E-state index contributed by atoms with van der Waals surface area (Å²) in [5.74, 6) is 1.20. The summed E-state index contributed by atoms with van der Waals surface area (Å²) in [6, 6.07) is 0. The van der Waals surface area contributed by atoms with Crippen LogP contribution in [0.5, 0.6) is 0 Å². The molecule has 0 fully saturated rings. The number of hydrogen-bond acceptors (Lipinski definition) is 1. The molecule has 0 aromatic heterocycles. The third-order valence-corrected chi connectivity index (χ3v) is 3.12. The Kier molecular flexibility index (Phi) is 4.12. The first-order valence-electron chi connectivity index (χ1n) is 5.61. The van der Waals surface area contributed by atoms with Crippen molar-refractivity contribution in [3.63, 3.8) is 0 Å². The summed E-state index contributed by atoms with van der Waals surface area (Å²) < 4.78 is 0. The molecule has 0 spiro atoms. The van der Waals surface area contributed by atoms with E-state index in [-0.39, 0.29) is 0 Å². The first kappa shape index (κ1) is 11.2. The standard InChI is InChI=1S/C13H21N/c1-4-5-6-12-10(2)7-8-11(3)13(12)9-14/h5-6,9-11,14H,4,7-8H2,1-3H3/b6-5-,14-9?. The van der Waals surface area contributed by atoms with Crippen LogP contribution in [0, 0.1) is 17.2 Å². The molecule has 0 aromatic rings. The van der Waals surface area contributed by atoms with Crippen molar-refractivity contribution >= 4 is 6.21 Å². The second-order valence-corrected chi connectivity index (χ2v) is 4.25. The molecule has 1 nitrogen and oxygen atoms in total. The normalized spacial score (nSPS) is 28.5. The molecule has 1 N–H and O–H groups in total. The Morgan fingerprint density at radius 3 is 2.29 bits per heavy atom. The highest BCUT2D eigenvalue weighted by Gasteiger charge is 2.21. The molecule has 1 aliphatic carbocycles. The predicted molar refractivity (Wildman–Crippen MR) is 62.8 cm³/mol. The van der Waals surface area contributed by atoms with Gasteiger partial charge in [-0.1, -0.05) is 32.9 Å². The lowest BCUT2D eigenvalue weighted by Crippen LogP contribution is -2.15. The summed E-state index contributed by atoms with van der Waals surface area (Å²) in [7, 11) is 0. The second-order valence-electron chi connectivity index (χ2n) is 4.25. The zero-order chi connectivity index (χ0) is 10.6. The van der Waals surface area contributed by atoms with Crippen LogP contribution in [-0.2, 0) is 0 Å². The largest absolute Gasteiger partial charge is 0.308 e. The van der Waals surface area contributed by atoms with Gasteiger partial charge in [-0.15, -0.1) is 0 Å².